The lowest BCUT2D eigenvalue weighted by molar-refractivity contribution is 0.181. The van der Waals surface area contributed by atoms with Gasteiger partial charge in [0.25, 0.3) is 0 Å². The van der Waals surface area contributed by atoms with Crippen molar-refractivity contribution < 1.29 is 4.74 Å². The van der Waals surface area contributed by atoms with Crippen molar-refractivity contribution in [3.8, 4) is 0 Å². The van der Waals surface area contributed by atoms with Crippen LogP contribution in [0.15, 0.2) is 0 Å². The number of nitrogens with zero attached hydrogens (tertiary/aromatic N) is 2. The average molecular weight is 241 g/mol. The molecule has 2 rings (SSSR count). The fourth-order valence-electron chi connectivity index (χ4n) is 1.86. The lowest BCUT2D eigenvalue weighted by Crippen LogP contribution is -2.37. The van der Waals surface area contributed by atoms with Gasteiger partial charge in [-0.2, -0.15) is 0 Å². The maximum Gasteiger partial charge on any atom is 0.185 e. The Bertz CT molecular complexity index is 349. The molecule has 0 aliphatic heterocycles. The van der Waals surface area contributed by atoms with Gasteiger partial charge < -0.3 is 15.4 Å². The molecule has 0 amide bonds. The fraction of sp³-hybridized carbons (Fsp3) is 0.727. The van der Waals surface area contributed by atoms with Crippen LogP contribution in [0.5, 0.6) is 0 Å². The number of aromatic nitrogens is 1. The van der Waals surface area contributed by atoms with Crippen molar-refractivity contribution in [3.05, 3.63) is 10.6 Å². The highest BCUT2D eigenvalue weighted by Crippen LogP contribution is 2.32. The predicted molar refractivity (Wildman–Crippen MR) is 66.8 cm³/mol. The van der Waals surface area contributed by atoms with Gasteiger partial charge in [-0.15, -0.1) is 11.3 Å². The van der Waals surface area contributed by atoms with Crippen molar-refractivity contribution in [3.63, 3.8) is 0 Å². The van der Waals surface area contributed by atoms with Crippen LogP contribution in [0.4, 0.5) is 5.13 Å². The molecule has 4 nitrogen and oxygen atoms in total. The van der Waals surface area contributed by atoms with Crippen LogP contribution in [0.25, 0.3) is 0 Å². The van der Waals surface area contributed by atoms with Crippen molar-refractivity contribution in [2.24, 2.45) is 5.73 Å². The molecule has 1 aromatic heterocycles. The number of methoxy groups -OCH3 is 1. The summed E-state index contributed by atoms with van der Waals surface area (Å²) in [5.41, 5.74) is 6.71. The van der Waals surface area contributed by atoms with Crippen LogP contribution < -0.4 is 10.6 Å². The van der Waals surface area contributed by atoms with Gasteiger partial charge >= 0.3 is 0 Å². The molecule has 16 heavy (non-hydrogen) atoms. The zero-order valence-electron chi connectivity index (χ0n) is 9.90. The second-order valence-corrected chi connectivity index (χ2v) is 5.26. The smallest absolute Gasteiger partial charge is 0.185 e. The van der Waals surface area contributed by atoms with Gasteiger partial charge in [-0.1, -0.05) is 0 Å². The second kappa shape index (κ2) is 5.12. The number of hydrogen-bond acceptors (Lipinski definition) is 5. The first-order chi connectivity index (χ1) is 7.76. The zero-order chi connectivity index (χ0) is 11.5. The van der Waals surface area contributed by atoms with Crippen LogP contribution in [-0.2, 0) is 17.9 Å². The number of nitrogens with two attached hydrogens (primary N) is 1. The second-order valence-electron chi connectivity index (χ2n) is 4.20. The standard InChI is InChI=1S/C11H19N3OS/c1-14(8-4-3-5-8)11-13-9(7-15-2)10(6-12)16-11/h8H,3-7,12H2,1-2H3. The molecule has 1 aromatic rings. The first kappa shape index (κ1) is 11.8. The quantitative estimate of drug-likeness (QED) is 0.853. The van der Waals surface area contributed by atoms with Crippen LogP contribution in [0, 0.1) is 0 Å². The Kier molecular flexibility index (Phi) is 3.78. The maximum absolute atomic E-state index is 5.71. The molecule has 90 valence electrons. The first-order valence-electron chi connectivity index (χ1n) is 5.66. The highest BCUT2D eigenvalue weighted by molar-refractivity contribution is 7.15. The summed E-state index contributed by atoms with van der Waals surface area (Å²) in [6, 6.07) is 0.673. The minimum absolute atomic E-state index is 0.550. The summed E-state index contributed by atoms with van der Waals surface area (Å²) in [5.74, 6) is 0. The van der Waals surface area contributed by atoms with E-state index in [4.69, 9.17) is 10.5 Å². The van der Waals surface area contributed by atoms with Crippen LogP contribution in [0.2, 0.25) is 0 Å². The summed E-state index contributed by atoms with van der Waals surface area (Å²) in [6.07, 6.45) is 3.91. The SMILES string of the molecule is COCc1nc(N(C)C2CCC2)sc1CN. The maximum atomic E-state index is 5.71. The summed E-state index contributed by atoms with van der Waals surface area (Å²) >= 11 is 1.69. The van der Waals surface area contributed by atoms with Gasteiger partial charge in [0, 0.05) is 31.6 Å². The molecule has 1 aliphatic carbocycles. The minimum atomic E-state index is 0.550. The monoisotopic (exact) mass is 241 g/mol. The van der Waals surface area contributed by atoms with Crippen LogP contribution in [0.1, 0.15) is 29.8 Å². The molecule has 5 heteroatoms. The van der Waals surface area contributed by atoms with Crippen molar-refractivity contribution in [2.45, 2.75) is 38.5 Å². The Morgan fingerprint density at radius 3 is 2.81 bits per heavy atom. The van der Waals surface area contributed by atoms with E-state index in [0.717, 1.165) is 15.7 Å². The summed E-state index contributed by atoms with van der Waals surface area (Å²) in [6.45, 7) is 1.11. The predicted octanol–water partition coefficient (Wildman–Crippen LogP) is 1.74. The number of ether oxygens (including phenoxy) is 1. The topological polar surface area (TPSA) is 51.4 Å². The Balaban J connectivity index is 2.13. The molecule has 2 N–H and O–H groups in total. The molecule has 0 unspecified atom stereocenters. The average Bonchev–Trinajstić information content (AvgIpc) is 2.59. The lowest BCUT2D eigenvalue weighted by atomic mass is 9.92. The summed E-state index contributed by atoms with van der Waals surface area (Å²) in [7, 11) is 3.81. The van der Waals surface area contributed by atoms with E-state index >= 15 is 0 Å². The van der Waals surface area contributed by atoms with Gasteiger partial charge in [0.1, 0.15) is 0 Å². The summed E-state index contributed by atoms with van der Waals surface area (Å²) < 4.78 is 5.13. The molecule has 0 radical (unpaired) electrons. The molecule has 1 fully saturated rings. The summed E-state index contributed by atoms with van der Waals surface area (Å²) in [5, 5.41) is 1.08. The third-order valence-electron chi connectivity index (χ3n) is 3.16. The molecule has 1 saturated carbocycles. The van der Waals surface area contributed by atoms with Crippen LogP contribution in [-0.4, -0.2) is 25.2 Å². The number of hydrogen-bond donors (Lipinski definition) is 1. The molecular weight excluding hydrogens is 222 g/mol. The fourth-order valence-corrected chi connectivity index (χ4v) is 2.83. The molecular formula is C11H19N3OS. The Morgan fingerprint density at radius 1 is 1.56 bits per heavy atom. The molecule has 0 aromatic carbocycles. The van der Waals surface area contributed by atoms with Crippen LogP contribution >= 0.6 is 11.3 Å². The Labute approximate surface area is 100 Å². The largest absolute Gasteiger partial charge is 0.378 e. The van der Waals surface area contributed by atoms with Crippen LogP contribution in [0.3, 0.4) is 0 Å². The molecule has 0 bridgehead atoms. The molecule has 0 saturated heterocycles. The van der Waals surface area contributed by atoms with Crippen molar-refractivity contribution in [1.82, 2.24) is 4.98 Å². The van der Waals surface area contributed by atoms with Crippen molar-refractivity contribution >= 4 is 16.5 Å². The van der Waals surface area contributed by atoms with E-state index < -0.39 is 0 Å². The number of rotatable bonds is 5. The van der Waals surface area contributed by atoms with E-state index in [1.807, 2.05) is 0 Å². The Morgan fingerprint density at radius 2 is 2.31 bits per heavy atom. The molecule has 1 aliphatic rings. The van der Waals surface area contributed by atoms with E-state index in [9.17, 15) is 0 Å². The van der Waals surface area contributed by atoms with Gasteiger partial charge in [0.15, 0.2) is 5.13 Å². The molecule has 0 atom stereocenters. The Hall–Kier alpha value is -0.650. The van der Waals surface area contributed by atoms with E-state index in [1.165, 1.54) is 19.3 Å². The third-order valence-corrected chi connectivity index (χ3v) is 4.37. The van der Waals surface area contributed by atoms with Gasteiger partial charge in [-0.05, 0) is 19.3 Å². The molecule has 0 spiro atoms. The van der Waals surface area contributed by atoms with Gasteiger partial charge in [0.05, 0.1) is 12.3 Å². The normalized spacial score (nSPS) is 16.2. The highest BCUT2D eigenvalue weighted by atomic mass is 32.1. The first-order valence-corrected chi connectivity index (χ1v) is 6.48. The van der Waals surface area contributed by atoms with E-state index in [2.05, 4.69) is 16.9 Å². The summed E-state index contributed by atoms with van der Waals surface area (Å²) in [4.78, 5) is 8.04. The van der Waals surface area contributed by atoms with Gasteiger partial charge in [-0.25, -0.2) is 4.98 Å². The highest BCUT2D eigenvalue weighted by Gasteiger charge is 2.25. The number of anilines is 1. The minimum Gasteiger partial charge on any atom is -0.378 e. The van der Waals surface area contributed by atoms with E-state index in [1.54, 1.807) is 18.4 Å². The van der Waals surface area contributed by atoms with Gasteiger partial charge in [0.2, 0.25) is 0 Å². The van der Waals surface area contributed by atoms with Crippen molar-refractivity contribution in [2.75, 3.05) is 19.1 Å². The van der Waals surface area contributed by atoms with Gasteiger partial charge in [-0.3, -0.25) is 0 Å². The molecule has 1 heterocycles. The zero-order valence-corrected chi connectivity index (χ0v) is 10.7. The number of thiazole rings is 1. The van der Waals surface area contributed by atoms with Crippen molar-refractivity contribution in [1.29, 1.82) is 0 Å². The van der Waals surface area contributed by atoms with E-state index in [-0.39, 0.29) is 0 Å². The van der Waals surface area contributed by atoms with E-state index in [0.29, 0.717) is 19.2 Å². The third kappa shape index (κ3) is 2.21. The lowest BCUT2D eigenvalue weighted by Gasteiger charge is -2.34.